The quantitative estimate of drug-likeness (QED) is 0.810. The van der Waals surface area contributed by atoms with Gasteiger partial charge in [-0.15, -0.1) is 0 Å². The van der Waals surface area contributed by atoms with E-state index in [1.54, 1.807) is 6.07 Å². The van der Waals surface area contributed by atoms with Gasteiger partial charge in [-0.25, -0.2) is 0 Å². The van der Waals surface area contributed by atoms with Crippen molar-refractivity contribution in [3.05, 3.63) is 17.7 Å². The molecule has 0 unspecified atom stereocenters. The summed E-state index contributed by atoms with van der Waals surface area (Å²) in [6.07, 6.45) is 0.400. The van der Waals surface area contributed by atoms with Crippen LogP contribution in [-0.2, 0) is 4.79 Å². The molecule has 1 aromatic carbocycles. The highest BCUT2D eigenvalue weighted by molar-refractivity contribution is 7.80. The molecule has 1 amide bonds. The molecule has 92 valence electrons. The van der Waals surface area contributed by atoms with Gasteiger partial charge in [0.1, 0.15) is 13.2 Å². The predicted octanol–water partition coefficient (Wildman–Crippen LogP) is 2.02. The van der Waals surface area contributed by atoms with Crippen molar-refractivity contribution >= 4 is 24.2 Å². The maximum atomic E-state index is 11.5. The molecule has 1 heterocycles. The Bertz CT molecular complexity index is 434. The summed E-state index contributed by atoms with van der Waals surface area (Å²) in [7, 11) is 0. The molecular formula is C12H15NO3S. The number of carbonyl (C=O) groups is 1. The van der Waals surface area contributed by atoms with Gasteiger partial charge in [-0.1, -0.05) is 0 Å². The Hall–Kier alpha value is -1.36. The van der Waals surface area contributed by atoms with Crippen LogP contribution in [0.25, 0.3) is 0 Å². The van der Waals surface area contributed by atoms with Crippen LogP contribution in [0.15, 0.2) is 12.1 Å². The largest absolute Gasteiger partial charge is 0.486 e. The topological polar surface area (TPSA) is 47.6 Å². The first-order chi connectivity index (χ1) is 8.20. The van der Waals surface area contributed by atoms with Gasteiger partial charge >= 0.3 is 0 Å². The smallest absolute Gasteiger partial charge is 0.225 e. The van der Waals surface area contributed by atoms with Gasteiger partial charge in [-0.3, -0.25) is 4.79 Å². The molecule has 2 rings (SSSR count). The molecule has 0 aliphatic carbocycles. The fourth-order valence-corrected chi connectivity index (χ4v) is 1.84. The Morgan fingerprint density at radius 2 is 2.00 bits per heavy atom. The maximum Gasteiger partial charge on any atom is 0.225 e. The standard InChI is InChI=1S/C12H15NO3S/c1-8-6-10-11(16-4-3-15-10)7-9(8)13-12(14)2-5-17/h6-7,17H,2-5H2,1H3,(H,13,14). The van der Waals surface area contributed by atoms with Crippen LogP contribution >= 0.6 is 12.6 Å². The van der Waals surface area contributed by atoms with Crippen LogP contribution in [-0.4, -0.2) is 24.9 Å². The van der Waals surface area contributed by atoms with E-state index in [-0.39, 0.29) is 5.91 Å². The minimum atomic E-state index is -0.0419. The highest BCUT2D eigenvalue weighted by Crippen LogP contribution is 2.35. The molecule has 0 radical (unpaired) electrons. The third-order valence-corrected chi connectivity index (χ3v) is 2.73. The number of anilines is 1. The van der Waals surface area contributed by atoms with Gasteiger partial charge in [-0.2, -0.15) is 12.6 Å². The van der Waals surface area contributed by atoms with Crippen molar-refractivity contribution in [2.75, 3.05) is 24.3 Å². The molecule has 0 atom stereocenters. The normalized spacial score (nSPS) is 13.3. The molecule has 1 aromatic rings. The lowest BCUT2D eigenvalue weighted by Crippen LogP contribution is -2.17. The Labute approximate surface area is 106 Å². The van der Waals surface area contributed by atoms with Crippen molar-refractivity contribution in [2.45, 2.75) is 13.3 Å². The number of amides is 1. The van der Waals surface area contributed by atoms with Crippen LogP contribution in [0.1, 0.15) is 12.0 Å². The molecule has 0 spiro atoms. The van der Waals surface area contributed by atoms with E-state index in [1.807, 2.05) is 13.0 Å². The van der Waals surface area contributed by atoms with Gasteiger partial charge in [-0.05, 0) is 24.3 Å². The summed E-state index contributed by atoms with van der Waals surface area (Å²) >= 11 is 4.03. The van der Waals surface area contributed by atoms with E-state index in [9.17, 15) is 4.79 Å². The number of aryl methyl sites for hydroxylation is 1. The van der Waals surface area contributed by atoms with Crippen molar-refractivity contribution in [2.24, 2.45) is 0 Å². The number of carbonyl (C=O) groups excluding carboxylic acids is 1. The third kappa shape index (κ3) is 2.85. The second kappa shape index (κ2) is 5.31. The summed E-state index contributed by atoms with van der Waals surface area (Å²) in [6, 6.07) is 3.69. The lowest BCUT2D eigenvalue weighted by molar-refractivity contribution is -0.115. The summed E-state index contributed by atoms with van der Waals surface area (Å²) in [6.45, 7) is 3.03. The Morgan fingerprint density at radius 3 is 2.65 bits per heavy atom. The summed E-state index contributed by atoms with van der Waals surface area (Å²) in [5.74, 6) is 1.92. The maximum absolute atomic E-state index is 11.5. The molecule has 1 aliphatic heterocycles. The van der Waals surface area contributed by atoms with Crippen LogP contribution < -0.4 is 14.8 Å². The molecule has 0 aromatic heterocycles. The third-order valence-electron chi connectivity index (χ3n) is 2.50. The number of hydrogen-bond acceptors (Lipinski definition) is 4. The average Bonchev–Trinajstić information content (AvgIpc) is 2.30. The number of ether oxygens (including phenoxy) is 2. The van der Waals surface area contributed by atoms with Crippen molar-refractivity contribution in [1.29, 1.82) is 0 Å². The van der Waals surface area contributed by atoms with E-state index >= 15 is 0 Å². The second-order valence-electron chi connectivity index (χ2n) is 3.83. The number of rotatable bonds is 3. The SMILES string of the molecule is Cc1cc2c(cc1NC(=O)CCS)OCCO2. The molecule has 17 heavy (non-hydrogen) atoms. The summed E-state index contributed by atoms with van der Waals surface area (Å²) in [5.41, 5.74) is 1.72. The summed E-state index contributed by atoms with van der Waals surface area (Å²) in [5, 5.41) is 2.84. The molecule has 0 saturated carbocycles. The lowest BCUT2D eigenvalue weighted by Gasteiger charge is -2.20. The van der Waals surface area contributed by atoms with Crippen LogP contribution in [0.3, 0.4) is 0 Å². The van der Waals surface area contributed by atoms with E-state index in [0.717, 1.165) is 17.0 Å². The number of fused-ring (bicyclic) bond motifs is 1. The van der Waals surface area contributed by atoms with Crippen molar-refractivity contribution in [3.63, 3.8) is 0 Å². The molecule has 0 fully saturated rings. The van der Waals surface area contributed by atoms with Crippen molar-refractivity contribution < 1.29 is 14.3 Å². The first-order valence-corrected chi connectivity index (χ1v) is 6.15. The second-order valence-corrected chi connectivity index (χ2v) is 4.28. The van der Waals surface area contributed by atoms with Crippen LogP contribution in [0, 0.1) is 6.92 Å². The van der Waals surface area contributed by atoms with E-state index in [4.69, 9.17) is 9.47 Å². The zero-order valence-corrected chi connectivity index (χ0v) is 10.5. The zero-order chi connectivity index (χ0) is 12.3. The van der Waals surface area contributed by atoms with Crippen molar-refractivity contribution in [1.82, 2.24) is 0 Å². The molecule has 1 aliphatic rings. The molecule has 0 bridgehead atoms. The first-order valence-electron chi connectivity index (χ1n) is 5.51. The number of benzene rings is 1. The number of hydrogen-bond donors (Lipinski definition) is 2. The molecule has 0 saturated heterocycles. The van der Waals surface area contributed by atoms with Gasteiger partial charge in [0.05, 0.1) is 0 Å². The van der Waals surface area contributed by atoms with Crippen LogP contribution in [0.5, 0.6) is 11.5 Å². The fraction of sp³-hybridized carbons (Fsp3) is 0.417. The molecule has 4 nitrogen and oxygen atoms in total. The van der Waals surface area contributed by atoms with Gasteiger partial charge in [0, 0.05) is 18.2 Å². The van der Waals surface area contributed by atoms with E-state index in [1.165, 1.54) is 0 Å². The number of thiol groups is 1. The number of nitrogens with one attached hydrogen (secondary N) is 1. The monoisotopic (exact) mass is 253 g/mol. The minimum Gasteiger partial charge on any atom is -0.486 e. The molecule has 5 heteroatoms. The minimum absolute atomic E-state index is 0.0419. The van der Waals surface area contributed by atoms with Gasteiger partial charge < -0.3 is 14.8 Å². The summed E-state index contributed by atoms with van der Waals surface area (Å²) < 4.78 is 10.9. The predicted molar refractivity (Wildman–Crippen MR) is 69.3 cm³/mol. The Kier molecular flexibility index (Phi) is 3.78. The van der Waals surface area contributed by atoms with Gasteiger partial charge in [0.2, 0.25) is 5.91 Å². The fourth-order valence-electron chi connectivity index (χ4n) is 1.64. The van der Waals surface area contributed by atoms with Gasteiger partial charge in [0.15, 0.2) is 11.5 Å². The van der Waals surface area contributed by atoms with E-state index in [2.05, 4.69) is 17.9 Å². The highest BCUT2D eigenvalue weighted by Gasteiger charge is 2.15. The van der Waals surface area contributed by atoms with E-state index < -0.39 is 0 Å². The van der Waals surface area contributed by atoms with Gasteiger partial charge in [0.25, 0.3) is 0 Å². The lowest BCUT2D eigenvalue weighted by atomic mass is 10.1. The van der Waals surface area contributed by atoms with E-state index in [0.29, 0.717) is 31.1 Å². The molecular weight excluding hydrogens is 238 g/mol. The average molecular weight is 253 g/mol. The van der Waals surface area contributed by atoms with Crippen LogP contribution in [0.2, 0.25) is 0 Å². The van der Waals surface area contributed by atoms with Crippen molar-refractivity contribution in [3.8, 4) is 11.5 Å². The molecule has 1 N–H and O–H groups in total. The zero-order valence-electron chi connectivity index (χ0n) is 9.66. The Balaban J connectivity index is 2.19. The Morgan fingerprint density at radius 1 is 1.35 bits per heavy atom. The van der Waals surface area contributed by atoms with Crippen LogP contribution in [0.4, 0.5) is 5.69 Å². The highest BCUT2D eigenvalue weighted by atomic mass is 32.1. The summed E-state index contributed by atoms with van der Waals surface area (Å²) in [4.78, 5) is 11.5. The first kappa shape index (κ1) is 12.1.